The fraction of sp³-hybridized carbons (Fsp3) is 0.600. The van der Waals surface area contributed by atoms with Crippen molar-refractivity contribution in [2.45, 2.75) is 77.7 Å². The molecule has 0 aromatic heterocycles. The summed E-state index contributed by atoms with van der Waals surface area (Å²) in [5, 5.41) is 3.50. The van der Waals surface area contributed by atoms with Gasteiger partial charge in [-0.15, -0.1) is 0 Å². The van der Waals surface area contributed by atoms with Gasteiger partial charge in [0, 0.05) is 13.0 Å². The number of nitrogens with one attached hydrogen (secondary N) is 3. The lowest BCUT2D eigenvalue weighted by molar-refractivity contribution is -0.121. The van der Waals surface area contributed by atoms with Crippen molar-refractivity contribution in [1.82, 2.24) is 16.2 Å². The van der Waals surface area contributed by atoms with E-state index in [2.05, 4.69) is 23.1 Å². The lowest BCUT2D eigenvalue weighted by Gasteiger charge is -2.11. The fourth-order valence-corrected chi connectivity index (χ4v) is 2.73. The molecule has 1 aromatic rings. The standard InChI is InChI=1S/C20H33N3OS/c1-2-3-4-5-6-7-8-9-13-16-19(24)22-23-20(25)21-17-18-14-11-10-12-15-18/h10-12,14-15H,2-9,13,16-17H2,1H3,(H,22,24)(H2,21,23,25). The van der Waals surface area contributed by atoms with Crippen molar-refractivity contribution in [3.05, 3.63) is 35.9 Å². The molecule has 5 heteroatoms. The number of unbranched alkanes of at least 4 members (excludes halogenated alkanes) is 8. The first-order valence-electron chi connectivity index (χ1n) is 9.59. The molecule has 1 amide bonds. The third-order valence-electron chi connectivity index (χ3n) is 4.12. The van der Waals surface area contributed by atoms with E-state index in [-0.39, 0.29) is 5.91 Å². The maximum absolute atomic E-state index is 11.8. The van der Waals surface area contributed by atoms with Crippen LogP contribution in [0.2, 0.25) is 0 Å². The van der Waals surface area contributed by atoms with Crippen LogP contribution in [-0.2, 0) is 11.3 Å². The molecule has 3 N–H and O–H groups in total. The van der Waals surface area contributed by atoms with Gasteiger partial charge in [-0.2, -0.15) is 0 Å². The number of amides is 1. The van der Waals surface area contributed by atoms with Crippen molar-refractivity contribution in [3.63, 3.8) is 0 Å². The number of thiocarbonyl (C=S) groups is 1. The highest BCUT2D eigenvalue weighted by Crippen LogP contribution is 2.10. The summed E-state index contributed by atoms with van der Waals surface area (Å²) in [6.45, 7) is 2.88. The Morgan fingerprint density at radius 3 is 2.12 bits per heavy atom. The highest BCUT2D eigenvalue weighted by atomic mass is 32.1. The van der Waals surface area contributed by atoms with Crippen LogP contribution < -0.4 is 16.2 Å². The van der Waals surface area contributed by atoms with Gasteiger partial charge in [-0.3, -0.25) is 15.6 Å². The zero-order valence-corrected chi connectivity index (χ0v) is 16.3. The summed E-state index contributed by atoms with van der Waals surface area (Å²) in [6.07, 6.45) is 11.8. The number of carbonyl (C=O) groups excluding carboxylic acids is 1. The van der Waals surface area contributed by atoms with Gasteiger partial charge in [0.1, 0.15) is 0 Å². The third kappa shape index (κ3) is 12.4. The van der Waals surface area contributed by atoms with Gasteiger partial charge in [0.2, 0.25) is 5.91 Å². The quantitative estimate of drug-likeness (QED) is 0.288. The molecule has 0 saturated carbocycles. The summed E-state index contributed by atoms with van der Waals surface area (Å²) in [7, 11) is 0. The molecule has 0 spiro atoms. The van der Waals surface area contributed by atoms with Crippen LogP contribution in [0.4, 0.5) is 0 Å². The van der Waals surface area contributed by atoms with Gasteiger partial charge in [-0.05, 0) is 24.2 Å². The second kappa shape index (κ2) is 14.7. The second-order valence-electron chi connectivity index (χ2n) is 6.42. The van der Waals surface area contributed by atoms with Gasteiger partial charge >= 0.3 is 0 Å². The molecule has 4 nitrogen and oxygen atoms in total. The predicted octanol–water partition coefficient (Wildman–Crippen LogP) is 4.60. The Hall–Kier alpha value is -1.62. The number of rotatable bonds is 12. The molecule has 0 saturated heterocycles. The maximum atomic E-state index is 11.8. The van der Waals surface area contributed by atoms with Crippen molar-refractivity contribution in [2.24, 2.45) is 0 Å². The molecule has 0 bridgehead atoms. The van der Waals surface area contributed by atoms with Crippen LogP contribution >= 0.6 is 12.2 Å². The Morgan fingerprint density at radius 2 is 1.48 bits per heavy atom. The van der Waals surface area contributed by atoms with Gasteiger partial charge in [-0.25, -0.2) is 0 Å². The molecule has 140 valence electrons. The molecule has 25 heavy (non-hydrogen) atoms. The minimum atomic E-state index is -0.00759. The monoisotopic (exact) mass is 363 g/mol. The van der Waals surface area contributed by atoms with Crippen molar-refractivity contribution < 1.29 is 4.79 Å². The third-order valence-corrected chi connectivity index (χ3v) is 4.37. The predicted molar refractivity (Wildman–Crippen MR) is 109 cm³/mol. The maximum Gasteiger partial charge on any atom is 0.238 e. The largest absolute Gasteiger partial charge is 0.357 e. The number of hydrogen-bond donors (Lipinski definition) is 3. The molecule has 0 fully saturated rings. The molecule has 0 aliphatic carbocycles. The zero-order chi connectivity index (χ0) is 18.2. The fourth-order valence-electron chi connectivity index (χ4n) is 2.61. The average Bonchev–Trinajstić information content (AvgIpc) is 2.64. The Morgan fingerprint density at radius 1 is 0.880 bits per heavy atom. The van der Waals surface area contributed by atoms with E-state index in [0.29, 0.717) is 18.1 Å². The second-order valence-corrected chi connectivity index (χ2v) is 6.83. The van der Waals surface area contributed by atoms with Crippen molar-refractivity contribution in [3.8, 4) is 0 Å². The van der Waals surface area contributed by atoms with Gasteiger partial charge in [0.15, 0.2) is 5.11 Å². The van der Waals surface area contributed by atoms with E-state index >= 15 is 0 Å². The number of hydrazine groups is 1. The van der Waals surface area contributed by atoms with Gasteiger partial charge < -0.3 is 5.32 Å². The van der Waals surface area contributed by atoms with Crippen LogP contribution in [0.15, 0.2) is 30.3 Å². The van der Waals surface area contributed by atoms with Crippen molar-refractivity contribution in [1.29, 1.82) is 0 Å². The van der Waals surface area contributed by atoms with E-state index in [9.17, 15) is 4.79 Å². The normalized spacial score (nSPS) is 10.3. The van der Waals surface area contributed by atoms with E-state index in [4.69, 9.17) is 12.2 Å². The molecule has 0 aliphatic heterocycles. The van der Waals surface area contributed by atoms with Crippen LogP contribution in [0.1, 0.15) is 76.7 Å². The zero-order valence-electron chi connectivity index (χ0n) is 15.5. The minimum absolute atomic E-state index is 0.00759. The smallest absolute Gasteiger partial charge is 0.238 e. The van der Waals surface area contributed by atoms with Gasteiger partial charge in [0.05, 0.1) is 0 Å². The van der Waals surface area contributed by atoms with E-state index in [0.717, 1.165) is 18.4 Å². The summed E-state index contributed by atoms with van der Waals surface area (Å²) in [5.74, 6) is -0.00759. The summed E-state index contributed by atoms with van der Waals surface area (Å²) in [6, 6.07) is 10.0. The molecule has 0 aliphatic rings. The van der Waals surface area contributed by atoms with E-state index in [1.165, 1.54) is 44.9 Å². The van der Waals surface area contributed by atoms with Crippen LogP contribution in [0, 0.1) is 0 Å². The molecule has 0 unspecified atom stereocenters. The molecular formula is C20H33N3OS. The highest BCUT2D eigenvalue weighted by molar-refractivity contribution is 7.80. The molecule has 0 heterocycles. The van der Waals surface area contributed by atoms with Crippen molar-refractivity contribution >= 4 is 23.2 Å². The Kier molecular flexibility index (Phi) is 12.6. The van der Waals surface area contributed by atoms with E-state index in [1.54, 1.807) is 0 Å². The van der Waals surface area contributed by atoms with Crippen LogP contribution in [0.5, 0.6) is 0 Å². The number of hydrogen-bond acceptors (Lipinski definition) is 2. The number of benzene rings is 1. The lowest BCUT2D eigenvalue weighted by Crippen LogP contribution is -2.46. The van der Waals surface area contributed by atoms with Crippen LogP contribution in [-0.4, -0.2) is 11.0 Å². The Balaban J connectivity index is 1.93. The van der Waals surface area contributed by atoms with Crippen LogP contribution in [0.3, 0.4) is 0 Å². The van der Waals surface area contributed by atoms with Crippen molar-refractivity contribution in [2.75, 3.05) is 0 Å². The minimum Gasteiger partial charge on any atom is -0.357 e. The summed E-state index contributed by atoms with van der Waals surface area (Å²) in [4.78, 5) is 11.8. The first kappa shape index (κ1) is 21.4. The molecule has 0 radical (unpaired) electrons. The van der Waals surface area contributed by atoms with Gasteiger partial charge in [0.25, 0.3) is 0 Å². The molecule has 0 atom stereocenters. The lowest BCUT2D eigenvalue weighted by atomic mass is 10.1. The Bertz CT molecular complexity index is 479. The SMILES string of the molecule is CCCCCCCCCCCC(=O)NNC(=S)NCc1ccccc1. The summed E-state index contributed by atoms with van der Waals surface area (Å²) < 4.78 is 0. The topological polar surface area (TPSA) is 53.2 Å². The highest BCUT2D eigenvalue weighted by Gasteiger charge is 2.02. The van der Waals surface area contributed by atoms with Gasteiger partial charge in [-0.1, -0.05) is 88.6 Å². The summed E-state index contributed by atoms with van der Waals surface area (Å²) in [5.41, 5.74) is 6.55. The molecular weight excluding hydrogens is 330 g/mol. The molecule has 1 aromatic carbocycles. The number of carbonyl (C=O) groups is 1. The van der Waals surface area contributed by atoms with E-state index < -0.39 is 0 Å². The summed E-state index contributed by atoms with van der Waals surface area (Å²) >= 11 is 5.15. The van der Waals surface area contributed by atoms with E-state index in [1.807, 2.05) is 30.3 Å². The Labute approximate surface area is 158 Å². The molecule has 1 rings (SSSR count). The first-order chi connectivity index (χ1) is 12.2. The van der Waals surface area contributed by atoms with Crippen LogP contribution in [0.25, 0.3) is 0 Å². The average molecular weight is 364 g/mol. The first-order valence-corrected chi connectivity index (χ1v) is 9.99.